The second-order valence-electron chi connectivity index (χ2n) is 8.92. The summed E-state index contributed by atoms with van der Waals surface area (Å²) in [6.45, 7) is 8.35. The molecule has 0 spiro atoms. The van der Waals surface area contributed by atoms with E-state index in [2.05, 4.69) is 34.5 Å². The number of benzene rings is 3. The highest BCUT2D eigenvalue weighted by Crippen LogP contribution is 2.34. The van der Waals surface area contributed by atoms with Crippen molar-refractivity contribution in [1.82, 2.24) is 9.66 Å². The third-order valence-corrected chi connectivity index (χ3v) is 6.99. The SMILES string of the molecule is C=CCc1cc(C=Nn2c([C@@H](C)CC)nc3ccc(Br)cc3c2=O)cc(OC)c1OCc1ccc(Cl)cc1. The smallest absolute Gasteiger partial charge is 0.282 e. The average molecular weight is 595 g/mol. The molecule has 0 bridgehead atoms. The molecule has 4 aromatic rings. The third kappa shape index (κ3) is 6.17. The van der Waals surface area contributed by atoms with Gasteiger partial charge in [0, 0.05) is 21.0 Å². The van der Waals surface area contributed by atoms with Crippen LogP contribution in [0.4, 0.5) is 0 Å². The summed E-state index contributed by atoms with van der Waals surface area (Å²) in [6.07, 6.45) is 4.84. The third-order valence-electron chi connectivity index (χ3n) is 6.24. The van der Waals surface area contributed by atoms with E-state index in [4.69, 9.17) is 26.1 Å². The highest BCUT2D eigenvalue weighted by molar-refractivity contribution is 9.10. The van der Waals surface area contributed by atoms with Gasteiger partial charge in [0.25, 0.3) is 5.56 Å². The Labute approximate surface area is 235 Å². The minimum absolute atomic E-state index is 0.0439. The Morgan fingerprint density at radius 2 is 1.95 bits per heavy atom. The van der Waals surface area contributed by atoms with Crippen LogP contribution in [0.5, 0.6) is 11.5 Å². The Bertz CT molecular complexity index is 1550. The lowest BCUT2D eigenvalue weighted by Gasteiger charge is -2.16. The van der Waals surface area contributed by atoms with Crippen LogP contribution < -0.4 is 15.0 Å². The molecule has 1 heterocycles. The first-order chi connectivity index (χ1) is 18.3. The van der Waals surface area contributed by atoms with Gasteiger partial charge in [-0.3, -0.25) is 4.79 Å². The molecule has 4 rings (SSSR count). The van der Waals surface area contributed by atoms with Crippen molar-refractivity contribution in [2.45, 2.75) is 39.2 Å². The quantitative estimate of drug-likeness (QED) is 0.141. The van der Waals surface area contributed by atoms with Crippen LogP contribution in [0.1, 0.15) is 48.7 Å². The second kappa shape index (κ2) is 12.4. The molecule has 6 nitrogen and oxygen atoms in total. The van der Waals surface area contributed by atoms with Crippen molar-refractivity contribution in [3.8, 4) is 11.5 Å². The van der Waals surface area contributed by atoms with Crippen molar-refractivity contribution >= 4 is 44.6 Å². The van der Waals surface area contributed by atoms with Gasteiger partial charge >= 0.3 is 0 Å². The molecule has 3 aromatic carbocycles. The fraction of sp³-hybridized carbons (Fsp3) is 0.233. The topological polar surface area (TPSA) is 65.7 Å². The molecule has 0 N–H and O–H groups in total. The summed E-state index contributed by atoms with van der Waals surface area (Å²) in [5, 5.41) is 5.77. The van der Waals surface area contributed by atoms with Crippen molar-refractivity contribution < 1.29 is 9.47 Å². The van der Waals surface area contributed by atoms with Gasteiger partial charge in [0.1, 0.15) is 12.4 Å². The predicted octanol–water partition coefficient (Wildman–Crippen LogP) is 7.52. The first-order valence-electron chi connectivity index (χ1n) is 12.3. The molecule has 0 radical (unpaired) electrons. The number of hydrogen-bond donors (Lipinski definition) is 0. The minimum atomic E-state index is -0.218. The van der Waals surface area contributed by atoms with E-state index in [1.807, 2.05) is 61.5 Å². The fourth-order valence-electron chi connectivity index (χ4n) is 4.02. The van der Waals surface area contributed by atoms with E-state index in [-0.39, 0.29) is 11.5 Å². The van der Waals surface area contributed by atoms with Gasteiger partial charge in [-0.25, -0.2) is 4.98 Å². The van der Waals surface area contributed by atoms with Crippen LogP contribution in [0, 0.1) is 0 Å². The van der Waals surface area contributed by atoms with Gasteiger partial charge < -0.3 is 9.47 Å². The lowest BCUT2D eigenvalue weighted by molar-refractivity contribution is 0.282. The number of fused-ring (bicyclic) bond motifs is 1. The lowest BCUT2D eigenvalue weighted by Crippen LogP contribution is -2.23. The number of aromatic nitrogens is 2. The Hall–Kier alpha value is -3.42. The monoisotopic (exact) mass is 593 g/mol. The first kappa shape index (κ1) is 27.6. The van der Waals surface area contributed by atoms with Crippen LogP contribution in [-0.2, 0) is 13.0 Å². The minimum Gasteiger partial charge on any atom is -0.493 e. The normalized spacial score (nSPS) is 12.1. The van der Waals surface area contributed by atoms with Crippen molar-refractivity contribution in [2.75, 3.05) is 7.11 Å². The van der Waals surface area contributed by atoms with Gasteiger partial charge in [-0.2, -0.15) is 9.78 Å². The van der Waals surface area contributed by atoms with Crippen LogP contribution in [0.3, 0.4) is 0 Å². The van der Waals surface area contributed by atoms with Crippen molar-refractivity contribution in [2.24, 2.45) is 5.10 Å². The number of hydrogen-bond acceptors (Lipinski definition) is 5. The van der Waals surface area contributed by atoms with Gasteiger partial charge in [0.2, 0.25) is 0 Å². The van der Waals surface area contributed by atoms with Crippen molar-refractivity contribution in [3.05, 3.63) is 110 Å². The Balaban J connectivity index is 1.74. The molecule has 0 aliphatic heterocycles. The highest BCUT2D eigenvalue weighted by Gasteiger charge is 2.17. The Kier molecular flexibility index (Phi) is 9.02. The van der Waals surface area contributed by atoms with E-state index in [1.54, 1.807) is 19.4 Å². The van der Waals surface area contributed by atoms with Gasteiger partial charge in [-0.1, -0.05) is 59.6 Å². The number of ether oxygens (including phenoxy) is 2. The standard InChI is InChI=1S/C30H29BrClN3O3/c1-5-7-22-14-21(15-27(37-4)28(22)38-18-20-8-11-24(32)12-9-20)17-33-35-29(19(3)6-2)34-26-13-10-23(31)16-25(26)30(35)36/h5,8-17,19H,1,6-7,18H2,2-4H3/t19-/m0/s1. The number of allylic oxidation sites excluding steroid dienone is 1. The molecule has 0 amide bonds. The van der Waals surface area contributed by atoms with E-state index in [9.17, 15) is 4.79 Å². The molecule has 8 heteroatoms. The van der Waals surface area contributed by atoms with Crippen LogP contribution in [0.25, 0.3) is 10.9 Å². The molecule has 0 saturated carbocycles. The maximum Gasteiger partial charge on any atom is 0.282 e. The van der Waals surface area contributed by atoms with Gasteiger partial charge in [0.05, 0.1) is 24.2 Å². The van der Waals surface area contributed by atoms with Gasteiger partial charge in [-0.15, -0.1) is 6.58 Å². The summed E-state index contributed by atoms with van der Waals surface area (Å²) in [7, 11) is 1.60. The molecule has 1 atom stereocenters. The van der Waals surface area contributed by atoms with Crippen LogP contribution in [0.2, 0.25) is 5.02 Å². The molecule has 38 heavy (non-hydrogen) atoms. The van der Waals surface area contributed by atoms with Crippen molar-refractivity contribution in [3.63, 3.8) is 0 Å². The molecule has 0 aliphatic carbocycles. The molecular weight excluding hydrogens is 566 g/mol. The molecular formula is C30H29BrClN3O3. The summed E-state index contributed by atoms with van der Waals surface area (Å²) < 4.78 is 14.1. The summed E-state index contributed by atoms with van der Waals surface area (Å²) in [5.41, 5.74) is 3.07. The second-order valence-corrected chi connectivity index (χ2v) is 10.3. The first-order valence-corrected chi connectivity index (χ1v) is 13.5. The zero-order chi connectivity index (χ0) is 27.2. The summed E-state index contributed by atoms with van der Waals surface area (Å²) in [6, 6.07) is 16.8. The van der Waals surface area contributed by atoms with Gasteiger partial charge in [-0.05, 0) is 66.4 Å². The van der Waals surface area contributed by atoms with E-state index >= 15 is 0 Å². The molecule has 0 fully saturated rings. The van der Waals surface area contributed by atoms with Crippen LogP contribution in [-0.4, -0.2) is 23.0 Å². The summed E-state index contributed by atoms with van der Waals surface area (Å²) in [5.74, 6) is 1.86. The van der Waals surface area contributed by atoms with Crippen LogP contribution in [0.15, 0.2) is 81.6 Å². The molecule has 196 valence electrons. The largest absolute Gasteiger partial charge is 0.493 e. The summed E-state index contributed by atoms with van der Waals surface area (Å²) >= 11 is 9.45. The maximum absolute atomic E-state index is 13.5. The van der Waals surface area contributed by atoms with E-state index in [0.717, 1.165) is 27.6 Å². The Morgan fingerprint density at radius 1 is 1.18 bits per heavy atom. The number of nitrogens with zero attached hydrogens (tertiary/aromatic N) is 3. The van der Waals surface area contributed by atoms with Crippen LogP contribution >= 0.6 is 27.5 Å². The lowest BCUT2D eigenvalue weighted by atomic mass is 10.1. The fourth-order valence-corrected chi connectivity index (χ4v) is 4.51. The van der Waals surface area contributed by atoms with E-state index in [1.165, 1.54) is 4.68 Å². The maximum atomic E-state index is 13.5. The predicted molar refractivity (Wildman–Crippen MR) is 158 cm³/mol. The zero-order valence-corrected chi connectivity index (χ0v) is 23.9. The zero-order valence-electron chi connectivity index (χ0n) is 21.6. The Morgan fingerprint density at radius 3 is 2.63 bits per heavy atom. The number of rotatable bonds is 10. The molecule has 0 saturated heterocycles. The average Bonchev–Trinajstić information content (AvgIpc) is 2.92. The number of methoxy groups -OCH3 is 1. The molecule has 0 unspecified atom stereocenters. The highest BCUT2D eigenvalue weighted by atomic mass is 79.9. The van der Waals surface area contributed by atoms with Crippen molar-refractivity contribution in [1.29, 1.82) is 0 Å². The molecule has 0 aliphatic rings. The van der Waals surface area contributed by atoms with E-state index < -0.39 is 0 Å². The molecule has 1 aromatic heterocycles. The van der Waals surface area contributed by atoms with E-state index in [0.29, 0.717) is 46.3 Å². The number of halogens is 2. The summed E-state index contributed by atoms with van der Waals surface area (Å²) in [4.78, 5) is 18.2. The van der Waals surface area contributed by atoms with Gasteiger partial charge in [0.15, 0.2) is 11.5 Å².